The van der Waals surface area contributed by atoms with Crippen LogP contribution in [0.25, 0.3) is 0 Å². The van der Waals surface area contributed by atoms with Crippen molar-refractivity contribution in [3.05, 3.63) is 29.8 Å². The van der Waals surface area contributed by atoms with Crippen molar-refractivity contribution >= 4 is 22.6 Å². The van der Waals surface area contributed by atoms with Gasteiger partial charge in [0.1, 0.15) is 17.6 Å². The molecule has 2 atom stereocenters. The fraction of sp³-hybridized carbons (Fsp3) is 0.588. The normalized spacial score (nSPS) is 19.7. The van der Waals surface area contributed by atoms with E-state index in [4.69, 9.17) is 4.74 Å². The Hall–Kier alpha value is -1.36. The third-order valence-corrected chi connectivity index (χ3v) is 4.89. The highest BCUT2D eigenvalue weighted by Gasteiger charge is 2.25. The van der Waals surface area contributed by atoms with Crippen molar-refractivity contribution in [2.75, 3.05) is 11.3 Å². The molecule has 0 saturated carbocycles. The van der Waals surface area contributed by atoms with Crippen LogP contribution in [0.5, 0.6) is 0 Å². The van der Waals surface area contributed by atoms with E-state index >= 15 is 0 Å². The summed E-state index contributed by atoms with van der Waals surface area (Å²) in [6.07, 6.45) is 1.02. The summed E-state index contributed by atoms with van der Waals surface area (Å²) < 4.78 is 20.9. The maximum atomic E-state index is 12.3. The number of nitrogens with zero attached hydrogens (tertiary/aromatic N) is 1. The quantitative estimate of drug-likeness (QED) is 0.897. The van der Waals surface area contributed by atoms with Crippen LogP contribution in [0.15, 0.2) is 29.3 Å². The molecule has 0 amide bonds. The lowest BCUT2D eigenvalue weighted by Gasteiger charge is -2.20. The van der Waals surface area contributed by atoms with E-state index in [1.807, 2.05) is 45.0 Å². The number of ether oxygens (including phenoxy) is 1. The highest BCUT2D eigenvalue weighted by Crippen LogP contribution is 2.24. The van der Waals surface area contributed by atoms with Crippen LogP contribution >= 0.6 is 0 Å². The second kappa shape index (κ2) is 6.82. The fourth-order valence-electron chi connectivity index (χ4n) is 2.24. The number of benzene rings is 1. The van der Waals surface area contributed by atoms with Crippen LogP contribution in [-0.2, 0) is 15.7 Å². The second-order valence-corrected chi connectivity index (χ2v) is 9.02. The standard InChI is InChI=1S/C17H26N2O2S/c1-12(2)10-13-11-21-16(18-13)14-8-6-7-9-15(14)19-22(20)17(3,4)5/h6-9,12-13,19H,10-11H2,1-5H3/t13-,22+/m1/s1. The van der Waals surface area contributed by atoms with Gasteiger partial charge in [-0.1, -0.05) is 26.0 Å². The Morgan fingerprint density at radius 3 is 2.68 bits per heavy atom. The van der Waals surface area contributed by atoms with Crippen molar-refractivity contribution in [1.82, 2.24) is 0 Å². The summed E-state index contributed by atoms with van der Waals surface area (Å²) in [5, 5.41) is 0. The van der Waals surface area contributed by atoms with Crippen LogP contribution < -0.4 is 4.72 Å². The molecule has 5 heteroatoms. The van der Waals surface area contributed by atoms with Crippen molar-refractivity contribution in [1.29, 1.82) is 0 Å². The predicted molar refractivity (Wildman–Crippen MR) is 93.7 cm³/mol. The van der Waals surface area contributed by atoms with E-state index < -0.39 is 11.0 Å². The van der Waals surface area contributed by atoms with E-state index in [0.29, 0.717) is 18.4 Å². The van der Waals surface area contributed by atoms with Crippen molar-refractivity contribution < 1.29 is 8.95 Å². The number of nitrogens with one attached hydrogen (secondary N) is 1. The molecule has 0 aromatic heterocycles. The molecule has 0 unspecified atom stereocenters. The van der Waals surface area contributed by atoms with Crippen LogP contribution in [-0.4, -0.2) is 27.5 Å². The van der Waals surface area contributed by atoms with Gasteiger partial charge in [0, 0.05) is 0 Å². The van der Waals surface area contributed by atoms with Gasteiger partial charge in [0.2, 0.25) is 5.90 Å². The summed E-state index contributed by atoms with van der Waals surface area (Å²) in [6, 6.07) is 7.96. The minimum absolute atomic E-state index is 0.219. The molecule has 2 rings (SSSR count). The van der Waals surface area contributed by atoms with Crippen molar-refractivity contribution in [2.24, 2.45) is 10.9 Å². The zero-order valence-corrected chi connectivity index (χ0v) is 14.9. The van der Waals surface area contributed by atoms with Gasteiger partial charge in [-0.2, -0.15) is 0 Å². The zero-order chi connectivity index (χ0) is 16.3. The van der Waals surface area contributed by atoms with Gasteiger partial charge in [-0.25, -0.2) is 9.20 Å². The first-order valence-corrected chi connectivity index (χ1v) is 8.91. The van der Waals surface area contributed by atoms with E-state index in [0.717, 1.165) is 17.7 Å². The number of para-hydroxylation sites is 1. The molecule has 1 aliphatic heterocycles. The molecule has 1 aromatic rings. The maximum absolute atomic E-state index is 12.3. The smallest absolute Gasteiger partial charge is 0.218 e. The van der Waals surface area contributed by atoms with E-state index in [1.54, 1.807) is 0 Å². The lowest BCUT2D eigenvalue weighted by molar-refractivity contribution is 0.301. The minimum atomic E-state index is -1.18. The Kier molecular flexibility index (Phi) is 5.27. The Balaban J connectivity index is 2.21. The largest absolute Gasteiger partial charge is 0.475 e. The fourth-order valence-corrected chi connectivity index (χ4v) is 2.92. The Bertz CT molecular complexity index is 576. The molecule has 0 spiro atoms. The SMILES string of the molecule is CC(C)C[C@@H]1COC(c2ccccc2N[S@@](=O)C(C)(C)C)=N1. The van der Waals surface area contributed by atoms with Gasteiger partial charge in [0.25, 0.3) is 0 Å². The molecule has 122 valence electrons. The van der Waals surface area contributed by atoms with Gasteiger partial charge in [-0.05, 0) is 45.2 Å². The molecule has 22 heavy (non-hydrogen) atoms. The summed E-state index contributed by atoms with van der Waals surface area (Å²) in [5.41, 5.74) is 1.69. The van der Waals surface area contributed by atoms with Gasteiger partial charge in [0.05, 0.1) is 22.0 Å². The van der Waals surface area contributed by atoms with E-state index in [9.17, 15) is 4.21 Å². The summed E-state index contributed by atoms with van der Waals surface area (Å²) in [4.78, 5) is 4.68. The highest BCUT2D eigenvalue weighted by molar-refractivity contribution is 7.87. The number of aliphatic imine (C=N–C) groups is 1. The summed E-state index contributed by atoms with van der Waals surface area (Å²) in [7, 11) is -1.18. The average Bonchev–Trinajstić information content (AvgIpc) is 2.85. The monoisotopic (exact) mass is 322 g/mol. The van der Waals surface area contributed by atoms with Crippen LogP contribution in [0, 0.1) is 5.92 Å². The Morgan fingerprint density at radius 1 is 1.36 bits per heavy atom. The molecule has 4 nitrogen and oxygen atoms in total. The lowest BCUT2D eigenvalue weighted by Crippen LogP contribution is -2.28. The number of rotatable bonds is 5. The van der Waals surface area contributed by atoms with Crippen molar-refractivity contribution in [3.8, 4) is 0 Å². The first-order valence-electron chi connectivity index (χ1n) is 7.76. The molecule has 0 aliphatic carbocycles. The van der Waals surface area contributed by atoms with Gasteiger partial charge < -0.3 is 9.46 Å². The average molecular weight is 322 g/mol. The first kappa shape index (κ1) is 17.0. The molecule has 1 N–H and O–H groups in total. The molecule has 1 aliphatic rings. The Morgan fingerprint density at radius 2 is 2.05 bits per heavy atom. The summed E-state index contributed by atoms with van der Waals surface area (Å²) in [6.45, 7) is 10.8. The Labute approximate surface area is 136 Å². The van der Waals surface area contributed by atoms with Crippen LogP contribution in [0.4, 0.5) is 5.69 Å². The van der Waals surface area contributed by atoms with Crippen LogP contribution in [0.3, 0.4) is 0 Å². The number of anilines is 1. The molecular weight excluding hydrogens is 296 g/mol. The lowest BCUT2D eigenvalue weighted by atomic mass is 10.1. The predicted octanol–water partition coefficient (Wildman–Crippen LogP) is 3.75. The van der Waals surface area contributed by atoms with Crippen molar-refractivity contribution in [2.45, 2.75) is 51.8 Å². The molecule has 0 radical (unpaired) electrons. The van der Waals surface area contributed by atoms with E-state index in [-0.39, 0.29) is 10.8 Å². The first-order chi connectivity index (χ1) is 10.3. The molecular formula is C17H26N2O2S. The number of hydrogen-bond acceptors (Lipinski definition) is 3. The summed E-state index contributed by atoms with van der Waals surface area (Å²) >= 11 is 0. The number of hydrogen-bond donors (Lipinski definition) is 1. The highest BCUT2D eigenvalue weighted by atomic mass is 32.2. The van der Waals surface area contributed by atoms with Gasteiger partial charge >= 0.3 is 0 Å². The molecule has 1 aromatic carbocycles. The third-order valence-electron chi connectivity index (χ3n) is 3.37. The molecule has 0 saturated heterocycles. The van der Waals surface area contributed by atoms with Gasteiger partial charge in [0.15, 0.2) is 0 Å². The van der Waals surface area contributed by atoms with E-state index in [1.165, 1.54) is 0 Å². The maximum Gasteiger partial charge on any atom is 0.218 e. The molecule has 0 bridgehead atoms. The topological polar surface area (TPSA) is 50.7 Å². The molecule has 1 heterocycles. The minimum Gasteiger partial charge on any atom is -0.475 e. The van der Waals surface area contributed by atoms with E-state index in [2.05, 4.69) is 23.6 Å². The summed E-state index contributed by atoms with van der Waals surface area (Å²) in [5.74, 6) is 1.25. The third kappa shape index (κ3) is 4.32. The van der Waals surface area contributed by atoms with Gasteiger partial charge in [-0.15, -0.1) is 0 Å². The molecule has 0 fully saturated rings. The zero-order valence-electron chi connectivity index (χ0n) is 14.1. The van der Waals surface area contributed by atoms with Crippen LogP contribution in [0.2, 0.25) is 0 Å². The second-order valence-electron chi connectivity index (χ2n) is 7.06. The van der Waals surface area contributed by atoms with Gasteiger partial charge in [-0.3, -0.25) is 0 Å². The van der Waals surface area contributed by atoms with Crippen LogP contribution in [0.1, 0.15) is 46.6 Å². The van der Waals surface area contributed by atoms with Crippen molar-refractivity contribution in [3.63, 3.8) is 0 Å².